The first-order valence-corrected chi connectivity index (χ1v) is 14.0. The van der Waals surface area contributed by atoms with E-state index in [1.54, 1.807) is 0 Å². The van der Waals surface area contributed by atoms with Gasteiger partial charge in [-0.1, -0.05) is 105 Å². The summed E-state index contributed by atoms with van der Waals surface area (Å²) < 4.78 is 14.8. The van der Waals surface area contributed by atoms with Crippen molar-refractivity contribution >= 4 is 7.82 Å². The molecule has 0 amide bonds. The van der Waals surface area contributed by atoms with Crippen molar-refractivity contribution in [1.29, 1.82) is 0 Å². The predicted octanol–water partition coefficient (Wildman–Crippen LogP) is -3.26. The van der Waals surface area contributed by atoms with Crippen LogP contribution in [-0.2, 0) is 9.30 Å². The van der Waals surface area contributed by atoms with Gasteiger partial charge in [-0.2, -0.15) is 7.82 Å². The van der Waals surface area contributed by atoms with Crippen LogP contribution in [0.2, 0.25) is 0 Å². The largest absolute Gasteiger partial charge is 1.00 e. The quantitative estimate of drug-likeness (QED) is 0.0876. The van der Waals surface area contributed by atoms with E-state index in [1.165, 1.54) is 103 Å². The fraction of sp³-hybridized carbons (Fsp3) is 1.00. The third-order valence-electron chi connectivity index (χ3n) is 5.57. The van der Waals surface area contributed by atoms with Gasteiger partial charge in [0.05, 0.1) is 0 Å². The number of unbranched alkanes of at least 4 members (excludes halogenated alkanes) is 8. The van der Waals surface area contributed by atoms with Crippen molar-refractivity contribution in [3.63, 3.8) is 0 Å². The summed E-state index contributed by atoms with van der Waals surface area (Å²) in [6, 6.07) is 0. The molecule has 0 heterocycles. The summed E-state index contributed by atoms with van der Waals surface area (Å²) in [6.45, 7) is 11.3. The zero-order chi connectivity index (χ0) is 23.1. The second kappa shape index (κ2) is 37.0. The van der Waals surface area contributed by atoms with Crippen LogP contribution < -0.4 is 169 Å². The average Bonchev–Trinajstić information content (AvgIpc) is 2.68. The fourth-order valence-electron chi connectivity index (χ4n) is 3.73. The van der Waals surface area contributed by atoms with Gasteiger partial charge in [-0.25, -0.2) is 0 Å². The normalized spacial score (nSPS) is 12.3. The molecule has 0 N–H and O–H groups in total. The first kappa shape index (κ1) is 47.8. The average molecular weight is 567 g/mol. The molecule has 0 radical (unpaired) electrons. The van der Waals surface area contributed by atoms with Gasteiger partial charge in [0.1, 0.15) is 0 Å². The van der Waals surface area contributed by atoms with Gasteiger partial charge in [-0.05, 0) is 37.5 Å². The van der Waals surface area contributed by atoms with Crippen LogP contribution in [0.4, 0.5) is 0 Å². The molecular formula is C24H50K3O5P. The van der Waals surface area contributed by atoms with Gasteiger partial charge in [-0.15, -0.1) is 0 Å². The molecule has 0 saturated carbocycles. The van der Waals surface area contributed by atoms with Crippen LogP contribution in [0.1, 0.15) is 130 Å². The molecule has 0 saturated heterocycles. The van der Waals surface area contributed by atoms with Gasteiger partial charge < -0.3 is 24.0 Å². The number of hydrogen-bond acceptors (Lipinski definition) is 5. The smallest absolute Gasteiger partial charge is 0.822 e. The predicted molar refractivity (Wildman–Crippen MR) is 122 cm³/mol. The van der Waals surface area contributed by atoms with Gasteiger partial charge in [0, 0.05) is 13.2 Å². The molecule has 0 aliphatic heterocycles. The van der Waals surface area contributed by atoms with E-state index in [0.29, 0.717) is 0 Å². The Balaban J connectivity index is -0.000000293. The molecule has 2 atom stereocenters. The van der Waals surface area contributed by atoms with E-state index in [-0.39, 0.29) is 154 Å². The third kappa shape index (κ3) is 47.1. The minimum Gasteiger partial charge on any atom is -0.822 e. The number of phosphoric acid groups is 1. The van der Waals surface area contributed by atoms with Crippen LogP contribution in [0.15, 0.2) is 0 Å². The van der Waals surface area contributed by atoms with E-state index in [9.17, 15) is 0 Å². The van der Waals surface area contributed by atoms with Crippen LogP contribution in [0.5, 0.6) is 0 Å². The molecule has 0 aromatic heterocycles. The minimum absolute atomic E-state index is 0. The van der Waals surface area contributed by atoms with Crippen molar-refractivity contribution < 1.29 is 178 Å². The Morgan fingerprint density at radius 2 is 0.818 bits per heavy atom. The molecule has 0 rings (SSSR count). The number of hydrogen-bond donors (Lipinski definition) is 0. The SMILES string of the molecule is CCCCCCC(CCCC)COCC(CCCC)CCCCCC.O=P([O-])([O-])[O-].[K+].[K+].[K+]. The summed E-state index contributed by atoms with van der Waals surface area (Å²) >= 11 is 0. The van der Waals surface area contributed by atoms with Crippen molar-refractivity contribution in [3.8, 4) is 0 Å². The molecule has 184 valence electrons. The molecular weight excluding hydrogens is 517 g/mol. The summed E-state index contributed by atoms with van der Waals surface area (Å²) in [5, 5.41) is 0. The van der Waals surface area contributed by atoms with Gasteiger partial charge in [-0.3, -0.25) is 0 Å². The maximum absolute atomic E-state index is 8.55. The Labute approximate surface area is 334 Å². The Kier molecular flexibility index (Phi) is 53.5. The summed E-state index contributed by atoms with van der Waals surface area (Å²) in [4.78, 5) is 25.6. The summed E-state index contributed by atoms with van der Waals surface area (Å²) in [5.41, 5.74) is 0. The van der Waals surface area contributed by atoms with E-state index in [4.69, 9.17) is 24.0 Å². The zero-order valence-corrected chi connectivity index (χ0v) is 33.6. The standard InChI is InChI=1S/C24H50O.3K.H3O4P/c1-5-9-13-15-19-23(17-11-7-3)21-25-22-24(18-12-8-4)20-16-14-10-6-2;;;;1-5(2,3)4/h23-24H,5-22H2,1-4H3;;;;(H3,1,2,3,4)/q;3*+1;/p-3. The van der Waals surface area contributed by atoms with E-state index in [2.05, 4.69) is 27.7 Å². The first-order valence-electron chi connectivity index (χ1n) is 12.6. The molecule has 0 fully saturated rings. The molecule has 0 spiro atoms. The molecule has 0 aliphatic rings. The summed E-state index contributed by atoms with van der Waals surface area (Å²) in [6.07, 6.45) is 22.0. The van der Waals surface area contributed by atoms with Crippen LogP contribution in [0, 0.1) is 11.8 Å². The molecule has 0 aromatic rings. The van der Waals surface area contributed by atoms with Gasteiger partial charge in [0.2, 0.25) is 0 Å². The molecule has 9 heteroatoms. The van der Waals surface area contributed by atoms with Crippen molar-refractivity contribution in [2.75, 3.05) is 13.2 Å². The van der Waals surface area contributed by atoms with E-state index < -0.39 is 7.82 Å². The van der Waals surface area contributed by atoms with Gasteiger partial charge in [0.25, 0.3) is 0 Å². The van der Waals surface area contributed by atoms with Gasteiger partial charge in [0.15, 0.2) is 0 Å². The van der Waals surface area contributed by atoms with Crippen LogP contribution in [-0.4, -0.2) is 13.2 Å². The molecule has 0 aromatic carbocycles. The Morgan fingerprint density at radius 3 is 1.09 bits per heavy atom. The van der Waals surface area contributed by atoms with Crippen LogP contribution in [0.25, 0.3) is 0 Å². The first-order chi connectivity index (χ1) is 14.3. The van der Waals surface area contributed by atoms with E-state index >= 15 is 0 Å². The molecule has 2 unspecified atom stereocenters. The second-order valence-electron chi connectivity index (χ2n) is 8.70. The molecule has 5 nitrogen and oxygen atoms in total. The van der Waals surface area contributed by atoms with Gasteiger partial charge >= 0.3 is 154 Å². The number of rotatable bonds is 20. The van der Waals surface area contributed by atoms with Crippen molar-refractivity contribution in [1.82, 2.24) is 0 Å². The van der Waals surface area contributed by atoms with Crippen molar-refractivity contribution in [2.24, 2.45) is 11.8 Å². The minimum atomic E-state index is -5.39. The summed E-state index contributed by atoms with van der Waals surface area (Å²) in [7, 11) is -5.39. The fourth-order valence-corrected chi connectivity index (χ4v) is 3.73. The number of ether oxygens (including phenoxy) is 1. The maximum Gasteiger partial charge on any atom is 1.00 e. The Hall–Kier alpha value is 4.98. The van der Waals surface area contributed by atoms with E-state index in [0.717, 1.165) is 25.0 Å². The Morgan fingerprint density at radius 1 is 0.545 bits per heavy atom. The monoisotopic (exact) mass is 566 g/mol. The third-order valence-corrected chi connectivity index (χ3v) is 5.57. The zero-order valence-electron chi connectivity index (χ0n) is 23.4. The van der Waals surface area contributed by atoms with E-state index in [1.807, 2.05) is 0 Å². The second-order valence-corrected chi connectivity index (χ2v) is 9.59. The molecule has 33 heavy (non-hydrogen) atoms. The molecule has 0 bridgehead atoms. The summed E-state index contributed by atoms with van der Waals surface area (Å²) in [5.74, 6) is 1.62. The van der Waals surface area contributed by atoms with Crippen LogP contribution in [0.3, 0.4) is 0 Å². The molecule has 0 aliphatic carbocycles. The maximum atomic E-state index is 8.55. The van der Waals surface area contributed by atoms with Crippen molar-refractivity contribution in [2.45, 2.75) is 130 Å². The van der Waals surface area contributed by atoms with Crippen molar-refractivity contribution in [3.05, 3.63) is 0 Å². The topological polar surface area (TPSA) is 95.5 Å². The Bertz CT molecular complexity index is 355. The van der Waals surface area contributed by atoms with Crippen LogP contribution >= 0.6 is 7.82 Å².